The van der Waals surface area contributed by atoms with Gasteiger partial charge < -0.3 is 14.4 Å². The van der Waals surface area contributed by atoms with Crippen molar-refractivity contribution in [3.63, 3.8) is 0 Å². The second-order valence-corrected chi connectivity index (χ2v) is 5.90. The van der Waals surface area contributed by atoms with Gasteiger partial charge >= 0.3 is 0 Å². The summed E-state index contributed by atoms with van der Waals surface area (Å²) in [7, 11) is 4.15. The van der Waals surface area contributed by atoms with E-state index in [1.165, 1.54) is 0 Å². The van der Waals surface area contributed by atoms with E-state index in [0.29, 0.717) is 6.04 Å². The molecule has 1 aliphatic rings. The third-order valence-corrected chi connectivity index (χ3v) is 4.04. The van der Waals surface area contributed by atoms with E-state index in [0.717, 1.165) is 36.2 Å². The number of halogens is 1. The molecule has 4 nitrogen and oxygen atoms in total. The van der Waals surface area contributed by atoms with E-state index in [1.54, 1.807) is 0 Å². The number of likely N-dealkylation sites (N-methyl/N-ethyl adjacent to an activating group) is 1. The van der Waals surface area contributed by atoms with Crippen LogP contribution in [0.3, 0.4) is 0 Å². The molecule has 0 bridgehead atoms. The van der Waals surface area contributed by atoms with Crippen LogP contribution in [-0.2, 0) is 6.54 Å². The van der Waals surface area contributed by atoms with Gasteiger partial charge in [0.1, 0.15) is 5.69 Å². The van der Waals surface area contributed by atoms with Crippen molar-refractivity contribution in [1.82, 2.24) is 14.4 Å². The Hall–Kier alpha value is -0.810. The van der Waals surface area contributed by atoms with Crippen molar-refractivity contribution in [3.8, 4) is 0 Å². The molecule has 0 N–H and O–H groups in total. The van der Waals surface area contributed by atoms with Gasteiger partial charge in [-0.05, 0) is 49.4 Å². The number of hydrogen-bond donors (Lipinski definition) is 0. The molecular formula is C13H20BrN3O. The number of likely N-dealkylation sites (tertiary alicyclic amines) is 1. The van der Waals surface area contributed by atoms with Gasteiger partial charge in [-0.2, -0.15) is 0 Å². The molecule has 100 valence electrons. The molecule has 1 fully saturated rings. The Morgan fingerprint density at radius 3 is 2.83 bits per heavy atom. The van der Waals surface area contributed by atoms with Gasteiger partial charge in [0.2, 0.25) is 0 Å². The normalized spacial score (nSPS) is 19.8. The van der Waals surface area contributed by atoms with Crippen molar-refractivity contribution in [1.29, 1.82) is 0 Å². The lowest BCUT2D eigenvalue weighted by Gasteiger charge is -2.20. The summed E-state index contributed by atoms with van der Waals surface area (Å²) in [6, 6.07) is 2.40. The first-order valence-corrected chi connectivity index (χ1v) is 7.13. The van der Waals surface area contributed by atoms with Crippen LogP contribution in [0.5, 0.6) is 0 Å². The largest absolute Gasteiger partial charge is 0.343 e. The fraction of sp³-hybridized carbons (Fsp3) is 0.615. The summed E-state index contributed by atoms with van der Waals surface area (Å²) in [5, 5.41) is 0. The lowest BCUT2D eigenvalue weighted by Crippen LogP contribution is -2.35. The summed E-state index contributed by atoms with van der Waals surface area (Å²) in [5.41, 5.74) is 0.781. The SMILES string of the molecule is CCn1cc(Br)cc1C(=O)N1CCC(N(C)C)C1. The number of aromatic nitrogens is 1. The van der Waals surface area contributed by atoms with E-state index < -0.39 is 0 Å². The van der Waals surface area contributed by atoms with Crippen LogP contribution in [0.2, 0.25) is 0 Å². The minimum absolute atomic E-state index is 0.145. The molecule has 5 heteroatoms. The fourth-order valence-corrected chi connectivity index (χ4v) is 2.89. The third kappa shape index (κ3) is 2.62. The first-order chi connectivity index (χ1) is 8.52. The van der Waals surface area contributed by atoms with Crippen LogP contribution in [0.1, 0.15) is 23.8 Å². The molecule has 18 heavy (non-hydrogen) atoms. The number of carbonyl (C=O) groups excluding carboxylic acids is 1. The molecule has 1 aromatic rings. The van der Waals surface area contributed by atoms with Crippen LogP contribution in [0, 0.1) is 0 Å². The average Bonchev–Trinajstić information content (AvgIpc) is 2.94. The Morgan fingerprint density at radius 2 is 2.28 bits per heavy atom. The summed E-state index contributed by atoms with van der Waals surface area (Å²) in [6.45, 7) is 4.56. The highest BCUT2D eigenvalue weighted by Crippen LogP contribution is 2.20. The molecule has 0 radical (unpaired) electrons. The fourth-order valence-electron chi connectivity index (χ4n) is 2.43. The van der Waals surface area contributed by atoms with Gasteiger partial charge in [0, 0.05) is 36.3 Å². The monoisotopic (exact) mass is 313 g/mol. The van der Waals surface area contributed by atoms with Gasteiger partial charge in [-0.25, -0.2) is 0 Å². The number of rotatable bonds is 3. The van der Waals surface area contributed by atoms with Crippen LogP contribution in [-0.4, -0.2) is 53.5 Å². The highest BCUT2D eigenvalue weighted by atomic mass is 79.9. The van der Waals surface area contributed by atoms with Gasteiger partial charge in [-0.3, -0.25) is 4.79 Å². The molecule has 0 aliphatic carbocycles. The lowest BCUT2D eigenvalue weighted by molar-refractivity contribution is 0.0772. The zero-order valence-electron chi connectivity index (χ0n) is 11.2. The van der Waals surface area contributed by atoms with Gasteiger partial charge in [0.05, 0.1) is 0 Å². The smallest absolute Gasteiger partial charge is 0.270 e. The first kappa shape index (κ1) is 13.6. The van der Waals surface area contributed by atoms with Crippen LogP contribution in [0.15, 0.2) is 16.7 Å². The van der Waals surface area contributed by atoms with Crippen molar-refractivity contribution in [3.05, 3.63) is 22.4 Å². The molecule has 0 saturated carbocycles. The predicted octanol–water partition coefficient (Wildman–Crippen LogP) is 2.05. The maximum absolute atomic E-state index is 12.5. The van der Waals surface area contributed by atoms with Crippen LogP contribution < -0.4 is 0 Å². The van der Waals surface area contributed by atoms with E-state index in [1.807, 2.05) is 21.7 Å². The Balaban J connectivity index is 2.12. The zero-order chi connectivity index (χ0) is 13.3. The second kappa shape index (κ2) is 5.45. The zero-order valence-corrected chi connectivity index (χ0v) is 12.8. The minimum atomic E-state index is 0.145. The van der Waals surface area contributed by atoms with E-state index >= 15 is 0 Å². The molecular weight excluding hydrogens is 294 g/mol. The van der Waals surface area contributed by atoms with E-state index in [9.17, 15) is 4.79 Å². The van der Waals surface area contributed by atoms with Gasteiger partial charge in [0.15, 0.2) is 0 Å². The number of aryl methyl sites for hydroxylation is 1. The Morgan fingerprint density at radius 1 is 1.56 bits per heavy atom. The first-order valence-electron chi connectivity index (χ1n) is 6.34. The van der Waals surface area contributed by atoms with E-state index in [4.69, 9.17) is 0 Å². The molecule has 0 spiro atoms. The minimum Gasteiger partial charge on any atom is -0.343 e. The van der Waals surface area contributed by atoms with Gasteiger partial charge in [-0.15, -0.1) is 0 Å². The summed E-state index contributed by atoms with van der Waals surface area (Å²) < 4.78 is 2.96. The van der Waals surface area contributed by atoms with Crippen molar-refractivity contribution in [2.75, 3.05) is 27.2 Å². The Bertz CT molecular complexity index is 441. The molecule has 0 aromatic carbocycles. The number of carbonyl (C=O) groups is 1. The molecule has 1 saturated heterocycles. The van der Waals surface area contributed by atoms with Crippen LogP contribution in [0.25, 0.3) is 0 Å². The van der Waals surface area contributed by atoms with Crippen molar-refractivity contribution in [2.24, 2.45) is 0 Å². The molecule has 1 aromatic heterocycles. The number of hydrogen-bond acceptors (Lipinski definition) is 2. The standard InChI is InChI=1S/C13H20BrN3O/c1-4-16-8-10(14)7-12(16)13(18)17-6-5-11(9-17)15(2)3/h7-8,11H,4-6,9H2,1-3H3. The average molecular weight is 314 g/mol. The molecule has 1 atom stereocenters. The Kier molecular flexibility index (Phi) is 4.12. The maximum atomic E-state index is 12.5. The second-order valence-electron chi connectivity index (χ2n) is 4.99. The number of amides is 1. The maximum Gasteiger partial charge on any atom is 0.270 e. The van der Waals surface area contributed by atoms with E-state index in [-0.39, 0.29) is 5.91 Å². The highest BCUT2D eigenvalue weighted by Gasteiger charge is 2.29. The number of nitrogens with zero attached hydrogens (tertiary/aromatic N) is 3. The summed E-state index contributed by atoms with van der Waals surface area (Å²) in [4.78, 5) is 16.6. The molecule has 1 unspecified atom stereocenters. The molecule has 2 heterocycles. The summed E-state index contributed by atoms with van der Waals surface area (Å²) in [5.74, 6) is 0.145. The Labute approximate surface area is 117 Å². The third-order valence-electron chi connectivity index (χ3n) is 3.60. The predicted molar refractivity (Wildman–Crippen MR) is 75.8 cm³/mol. The van der Waals surface area contributed by atoms with Crippen LogP contribution >= 0.6 is 15.9 Å². The molecule has 2 rings (SSSR count). The van der Waals surface area contributed by atoms with Gasteiger partial charge in [0.25, 0.3) is 5.91 Å². The summed E-state index contributed by atoms with van der Waals surface area (Å²) in [6.07, 6.45) is 3.03. The van der Waals surface area contributed by atoms with Crippen LogP contribution in [0.4, 0.5) is 0 Å². The van der Waals surface area contributed by atoms with Crippen molar-refractivity contribution >= 4 is 21.8 Å². The van der Waals surface area contributed by atoms with E-state index in [2.05, 4.69) is 41.8 Å². The van der Waals surface area contributed by atoms with Gasteiger partial charge in [-0.1, -0.05) is 0 Å². The molecule has 1 aliphatic heterocycles. The van der Waals surface area contributed by atoms with Crippen molar-refractivity contribution in [2.45, 2.75) is 25.9 Å². The molecule has 1 amide bonds. The summed E-state index contributed by atoms with van der Waals surface area (Å²) >= 11 is 3.44. The quantitative estimate of drug-likeness (QED) is 0.854. The lowest BCUT2D eigenvalue weighted by atomic mass is 10.2. The topological polar surface area (TPSA) is 28.5 Å². The van der Waals surface area contributed by atoms with Crippen molar-refractivity contribution < 1.29 is 4.79 Å². The highest BCUT2D eigenvalue weighted by molar-refractivity contribution is 9.10.